The summed E-state index contributed by atoms with van der Waals surface area (Å²) in [5, 5.41) is 7.85. The van der Waals surface area contributed by atoms with Gasteiger partial charge in [0.1, 0.15) is 5.52 Å². The summed E-state index contributed by atoms with van der Waals surface area (Å²) >= 11 is 0. The van der Waals surface area contributed by atoms with Crippen molar-refractivity contribution >= 4 is 22.9 Å². The second-order valence-electron chi connectivity index (χ2n) is 8.86. The van der Waals surface area contributed by atoms with Gasteiger partial charge in [-0.15, -0.1) is 0 Å². The molecule has 1 aromatic carbocycles. The Balaban J connectivity index is 1.37. The molecular formula is C25H31N5O4. The van der Waals surface area contributed by atoms with E-state index >= 15 is 0 Å². The van der Waals surface area contributed by atoms with Gasteiger partial charge in [0, 0.05) is 48.9 Å². The second-order valence-corrected chi connectivity index (χ2v) is 8.86. The first-order valence-electron chi connectivity index (χ1n) is 11.8. The Hall–Kier alpha value is -3.49. The second kappa shape index (κ2) is 9.40. The van der Waals surface area contributed by atoms with Gasteiger partial charge in [0.25, 0.3) is 0 Å². The fourth-order valence-corrected chi connectivity index (χ4v) is 5.16. The van der Waals surface area contributed by atoms with Gasteiger partial charge in [-0.25, -0.2) is 9.50 Å². The quantitative estimate of drug-likeness (QED) is 0.596. The fourth-order valence-electron chi connectivity index (χ4n) is 5.16. The van der Waals surface area contributed by atoms with Crippen LogP contribution in [0.4, 0.5) is 11.5 Å². The molecule has 0 saturated carbocycles. The third-order valence-corrected chi connectivity index (χ3v) is 6.82. The van der Waals surface area contributed by atoms with E-state index in [9.17, 15) is 4.79 Å². The van der Waals surface area contributed by atoms with Gasteiger partial charge in [-0.1, -0.05) is 0 Å². The van der Waals surface area contributed by atoms with Gasteiger partial charge in [-0.3, -0.25) is 4.79 Å². The number of benzene rings is 1. The number of amides is 1. The average molecular weight is 466 g/mol. The monoisotopic (exact) mass is 465 g/mol. The largest absolute Gasteiger partial charge is 0.493 e. The molecule has 9 heteroatoms. The number of rotatable bonds is 6. The van der Waals surface area contributed by atoms with Crippen molar-refractivity contribution in [1.82, 2.24) is 14.6 Å². The van der Waals surface area contributed by atoms with Gasteiger partial charge in [0.05, 0.1) is 32.9 Å². The lowest BCUT2D eigenvalue weighted by atomic mass is 9.95. The molecule has 34 heavy (non-hydrogen) atoms. The summed E-state index contributed by atoms with van der Waals surface area (Å²) in [4.78, 5) is 20.2. The van der Waals surface area contributed by atoms with Gasteiger partial charge >= 0.3 is 0 Å². The number of hydrogen-bond acceptors (Lipinski definition) is 7. The van der Waals surface area contributed by atoms with Gasteiger partial charge in [0.15, 0.2) is 17.3 Å². The predicted molar refractivity (Wildman–Crippen MR) is 129 cm³/mol. The molecular weight excluding hydrogens is 434 g/mol. The van der Waals surface area contributed by atoms with Gasteiger partial charge < -0.3 is 24.4 Å². The zero-order valence-electron chi connectivity index (χ0n) is 20.0. The molecule has 5 rings (SSSR count). The topological polar surface area (TPSA) is 90.2 Å². The summed E-state index contributed by atoms with van der Waals surface area (Å²) in [5.74, 6) is 2.25. The summed E-state index contributed by atoms with van der Waals surface area (Å²) in [7, 11) is 4.68. The summed E-state index contributed by atoms with van der Waals surface area (Å²) in [5.41, 5.74) is 4.22. The van der Waals surface area contributed by atoms with Crippen LogP contribution in [0.25, 0.3) is 5.52 Å². The molecule has 2 aliphatic rings. The molecule has 9 nitrogen and oxygen atoms in total. The van der Waals surface area contributed by atoms with Crippen molar-refractivity contribution in [2.75, 3.05) is 44.6 Å². The standard InChI is InChI=1S/C25H31N5O4/c1-32-20-13-17(14-21(33-2)23(20)34-3)27-25(31)16-7-6-11-29(15-16)24-22-18-8-4-5-9-19(18)28-30(22)12-10-26-24/h10,12-14,16H,4-9,11,15H2,1-3H3,(H,27,31)/t16-/m0/s1. The molecule has 0 spiro atoms. The van der Waals surface area contributed by atoms with Crippen LogP contribution in [0, 0.1) is 5.92 Å². The Morgan fingerprint density at radius 2 is 1.82 bits per heavy atom. The van der Waals surface area contributed by atoms with E-state index in [1.807, 2.05) is 10.7 Å². The highest BCUT2D eigenvalue weighted by atomic mass is 16.5. The SMILES string of the molecule is COc1cc(NC(=O)[C@H]2CCCN(c3nccn4nc5c(c34)CCCC5)C2)cc(OC)c1OC. The van der Waals surface area contributed by atoms with Crippen LogP contribution in [0.1, 0.15) is 36.9 Å². The Morgan fingerprint density at radius 1 is 1.06 bits per heavy atom. The molecule has 1 amide bonds. The Kier molecular flexibility index (Phi) is 6.17. The van der Waals surface area contributed by atoms with Crippen LogP contribution < -0.4 is 24.4 Å². The molecule has 0 radical (unpaired) electrons. The van der Waals surface area contributed by atoms with E-state index in [1.165, 1.54) is 24.1 Å². The average Bonchev–Trinajstić information content (AvgIpc) is 3.27. The molecule has 180 valence electrons. The van der Waals surface area contributed by atoms with Crippen molar-refractivity contribution in [2.24, 2.45) is 5.92 Å². The first kappa shape index (κ1) is 22.3. The van der Waals surface area contributed by atoms with Crippen LogP contribution in [-0.4, -0.2) is 54.9 Å². The van der Waals surface area contributed by atoms with Crippen molar-refractivity contribution in [2.45, 2.75) is 38.5 Å². The van der Waals surface area contributed by atoms with Crippen LogP contribution in [0.3, 0.4) is 0 Å². The summed E-state index contributed by atoms with van der Waals surface area (Å²) < 4.78 is 18.2. The van der Waals surface area contributed by atoms with E-state index in [1.54, 1.807) is 39.7 Å². The lowest BCUT2D eigenvalue weighted by molar-refractivity contribution is -0.120. The maximum Gasteiger partial charge on any atom is 0.229 e. The Bertz CT molecular complexity index is 1180. The highest BCUT2D eigenvalue weighted by Gasteiger charge is 2.30. The number of anilines is 2. The fraction of sp³-hybridized carbons (Fsp3) is 0.480. The van der Waals surface area contributed by atoms with Crippen molar-refractivity contribution in [3.05, 3.63) is 35.8 Å². The van der Waals surface area contributed by atoms with Gasteiger partial charge in [-0.2, -0.15) is 5.10 Å². The number of hydrogen-bond donors (Lipinski definition) is 1. The number of aryl methyl sites for hydroxylation is 2. The maximum absolute atomic E-state index is 13.3. The smallest absolute Gasteiger partial charge is 0.229 e. The van der Waals surface area contributed by atoms with E-state index in [2.05, 4.69) is 10.2 Å². The van der Waals surface area contributed by atoms with Crippen LogP contribution >= 0.6 is 0 Å². The number of ether oxygens (including phenoxy) is 3. The number of fused-ring (bicyclic) bond motifs is 3. The van der Waals surface area contributed by atoms with E-state index in [0.29, 0.717) is 29.5 Å². The molecule has 3 heterocycles. The molecule has 1 aliphatic carbocycles. The number of nitrogens with one attached hydrogen (secondary N) is 1. The zero-order valence-corrected chi connectivity index (χ0v) is 20.0. The predicted octanol–water partition coefficient (Wildman–Crippen LogP) is 3.49. The third-order valence-electron chi connectivity index (χ3n) is 6.82. The summed E-state index contributed by atoms with van der Waals surface area (Å²) in [6, 6.07) is 3.50. The van der Waals surface area contributed by atoms with Gasteiger partial charge in [-0.05, 0) is 38.5 Å². The van der Waals surface area contributed by atoms with E-state index in [0.717, 1.165) is 43.6 Å². The van der Waals surface area contributed by atoms with Gasteiger partial charge in [0.2, 0.25) is 11.7 Å². The Morgan fingerprint density at radius 3 is 2.56 bits per heavy atom. The van der Waals surface area contributed by atoms with Crippen LogP contribution in [0.15, 0.2) is 24.5 Å². The number of carbonyl (C=O) groups is 1. The number of nitrogens with zero attached hydrogens (tertiary/aromatic N) is 4. The maximum atomic E-state index is 13.3. The molecule has 0 unspecified atom stereocenters. The molecule has 1 N–H and O–H groups in total. The minimum absolute atomic E-state index is 0.0264. The minimum atomic E-state index is -0.159. The molecule has 3 aromatic rings. The molecule has 2 aromatic heterocycles. The van der Waals surface area contributed by atoms with Crippen molar-refractivity contribution in [1.29, 1.82) is 0 Å². The molecule has 1 fully saturated rings. The molecule has 1 atom stereocenters. The number of aromatic nitrogens is 3. The lowest BCUT2D eigenvalue weighted by Crippen LogP contribution is -2.41. The Labute approximate surface area is 199 Å². The van der Waals surface area contributed by atoms with Crippen LogP contribution in [0.5, 0.6) is 17.2 Å². The van der Waals surface area contributed by atoms with E-state index in [-0.39, 0.29) is 11.8 Å². The first-order chi connectivity index (χ1) is 16.6. The van der Waals surface area contributed by atoms with Crippen LogP contribution in [0.2, 0.25) is 0 Å². The summed E-state index contributed by atoms with van der Waals surface area (Å²) in [6.45, 7) is 1.49. The number of piperidine rings is 1. The van der Waals surface area contributed by atoms with E-state index in [4.69, 9.17) is 24.3 Å². The first-order valence-corrected chi connectivity index (χ1v) is 11.8. The van der Waals surface area contributed by atoms with E-state index < -0.39 is 0 Å². The number of methoxy groups -OCH3 is 3. The zero-order chi connectivity index (χ0) is 23.7. The van der Waals surface area contributed by atoms with Crippen molar-refractivity contribution < 1.29 is 19.0 Å². The number of carbonyl (C=O) groups excluding carboxylic acids is 1. The third kappa shape index (κ3) is 3.99. The van der Waals surface area contributed by atoms with Crippen molar-refractivity contribution in [3.8, 4) is 17.2 Å². The van der Waals surface area contributed by atoms with Crippen LogP contribution in [-0.2, 0) is 17.6 Å². The highest BCUT2D eigenvalue weighted by molar-refractivity contribution is 5.94. The molecule has 1 aliphatic heterocycles. The highest BCUT2D eigenvalue weighted by Crippen LogP contribution is 2.40. The molecule has 0 bridgehead atoms. The minimum Gasteiger partial charge on any atom is -0.493 e. The van der Waals surface area contributed by atoms with Crippen molar-refractivity contribution in [3.63, 3.8) is 0 Å². The normalized spacial score (nSPS) is 17.9. The molecule has 1 saturated heterocycles. The lowest BCUT2D eigenvalue weighted by Gasteiger charge is -2.33. The summed E-state index contributed by atoms with van der Waals surface area (Å²) in [6.07, 6.45) is 9.91.